The molecular formula is C16H25NO2. The lowest BCUT2D eigenvalue weighted by atomic mass is 10.0. The average Bonchev–Trinajstić information content (AvgIpc) is 2.92. The molecule has 1 saturated carbocycles. The molecule has 3 nitrogen and oxygen atoms in total. The van der Waals surface area contributed by atoms with Gasteiger partial charge in [-0.1, -0.05) is 31.7 Å². The molecule has 0 aliphatic heterocycles. The lowest BCUT2D eigenvalue weighted by Gasteiger charge is -2.10. The van der Waals surface area contributed by atoms with Crippen molar-refractivity contribution in [1.82, 2.24) is 5.32 Å². The quantitative estimate of drug-likeness (QED) is 0.740. The van der Waals surface area contributed by atoms with Crippen LogP contribution in [0.5, 0.6) is 11.5 Å². The van der Waals surface area contributed by atoms with Crippen molar-refractivity contribution in [1.29, 1.82) is 0 Å². The van der Waals surface area contributed by atoms with Crippen molar-refractivity contribution in [2.45, 2.75) is 45.1 Å². The van der Waals surface area contributed by atoms with Gasteiger partial charge in [0, 0.05) is 6.54 Å². The Morgan fingerprint density at radius 2 is 2.11 bits per heavy atom. The first kappa shape index (κ1) is 14.2. The SMILES string of the molecule is COc1ccc(CNCCCC2CCCC2)cc1O. The van der Waals surface area contributed by atoms with Gasteiger partial charge in [-0.3, -0.25) is 0 Å². The van der Waals surface area contributed by atoms with Crippen LogP contribution >= 0.6 is 0 Å². The zero-order valence-electron chi connectivity index (χ0n) is 11.8. The van der Waals surface area contributed by atoms with Crippen LogP contribution in [0.1, 0.15) is 44.1 Å². The summed E-state index contributed by atoms with van der Waals surface area (Å²) in [5.41, 5.74) is 1.10. The van der Waals surface area contributed by atoms with Gasteiger partial charge in [-0.2, -0.15) is 0 Å². The Morgan fingerprint density at radius 3 is 2.79 bits per heavy atom. The molecule has 0 bridgehead atoms. The third kappa shape index (κ3) is 4.43. The van der Waals surface area contributed by atoms with Crippen LogP contribution in [0.25, 0.3) is 0 Å². The van der Waals surface area contributed by atoms with E-state index in [1.54, 1.807) is 13.2 Å². The van der Waals surface area contributed by atoms with E-state index in [1.165, 1.54) is 38.5 Å². The van der Waals surface area contributed by atoms with E-state index in [2.05, 4.69) is 5.32 Å². The molecule has 0 aromatic heterocycles. The Kier molecular flexibility index (Phi) is 5.52. The van der Waals surface area contributed by atoms with Crippen LogP contribution in [-0.4, -0.2) is 18.8 Å². The van der Waals surface area contributed by atoms with Gasteiger partial charge in [-0.05, 0) is 43.0 Å². The first-order chi connectivity index (χ1) is 9.29. The molecule has 19 heavy (non-hydrogen) atoms. The number of phenolic OH excluding ortho intramolecular Hbond substituents is 1. The van der Waals surface area contributed by atoms with E-state index >= 15 is 0 Å². The minimum Gasteiger partial charge on any atom is -0.504 e. The van der Waals surface area contributed by atoms with E-state index in [0.29, 0.717) is 5.75 Å². The minimum atomic E-state index is 0.216. The summed E-state index contributed by atoms with van der Waals surface area (Å²) in [5, 5.41) is 13.1. The molecule has 1 fully saturated rings. The lowest BCUT2D eigenvalue weighted by molar-refractivity contribution is 0.373. The third-order valence-corrected chi connectivity index (χ3v) is 4.01. The van der Waals surface area contributed by atoms with E-state index in [0.717, 1.165) is 24.6 Å². The Labute approximate surface area is 116 Å². The number of nitrogens with one attached hydrogen (secondary N) is 1. The highest BCUT2D eigenvalue weighted by Gasteiger charge is 2.13. The van der Waals surface area contributed by atoms with Crippen molar-refractivity contribution in [3.8, 4) is 11.5 Å². The van der Waals surface area contributed by atoms with E-state index in [-0.39, 0.29) is 5.75 Å². The molecule has 2 N–H and O–H groups in total. The molecule has 1 aliphatic rings. The van der Waals surface area contributed by atoms with Crippen molar-refractivity contribution >= 4 is 0 Å². The molecule has 106 valence electrons. The Morgan fingerprint density at radius 1 is 1.32 bits per heavy atom. The smallest absolute Gasteiger partial charge is 0.160 e. The van der Waals surface area contributed by atoms with Gasteiger partial charge >= 0.3 is 0 Å². The van der Waals surface area contributed by atoms with Gasteiger partial charge in [0.1, 0.15) is 0 Å². The first-order valence-electron chi connectivity index (χ1n) is 7.36. The number of hydrogen-bond donors (Lipinski definition) is 2. The number of hydrogen-bond acceptors (Lipinski definition) is 3. The van der Waals surface area contributed by atoms with E-state index < -0.39 is 0 Å². The maximum Gasteiger partial charge on any atom is 0.160 e. The minimum absolute atomic E-state index is 0.216. The van der Waals surface area contributed by atoms with Crippen LogP contribution < -0.4 is 10.1 Å². The monoisotopic (exact) mass is 263 g/mol. The summed E-state index contributed by atoms with van der Waals surface area (Å²) >= 11 is 0. The van der Waals surface area contributed by atoms with Crippen molar-refractivity contribution in [3.63, 3.8) is 0 Å². The number of methoxy groups -OCH3 is 1. The molecule has 2 rings (SSSR count). The van der Waals surface area contributed by atoms with Crippen LogP contribution in [0.4, 0.5) is 0 Å². The van der Waals surface area contributed by atoms with E-state index in [1.807, 2.05) is 12.1 Å². The Balaban J connectivity index is 1.63. The summed E-state index contributed by atoms with van der Waals surface area (Å²) in [7, 11) is 1.57. The number of aromatic hydroxyl groups is 1. The zero-order valence-corrected chi connectivity index (χ0v) is 11.8. The van der Waals surface area contributed by atoms with Crippen molar-refractivity contribution in [2.24, 2.45) is 5.92 Å². The van der Waals surface area contributed by atoms with E-state index in [9.17, 15) is 5.11 Å². The average molecular weight is 263 g/mol. The zero-order chi connectivity index (χ0) is 13.5. The van der Waals surface area contributed by atoms with Gasteiger partial charge in [0.2, 0.25) is 0 Å². The third-order valence-electron chi connectivity index (χ3n) is 4.01. The predicted octanol–water partition coefficient (Wildman–Crippen LogP) is 3.46. The fraction of sp³-hybridized carbons (Fsp3) is 0.625. The van der Waals surface area contributed by atoms with Gasteiger partial charge in [-0.15, -0.1) is 0 Å². The maximum atomic E-state index is 9.68. The number of rotatable bonds is 7. The topological polar surface area (TPSA) is 41.5 Å². The molecular weight excluding hydrogens is 238 g/mol. The predicted molar refractivity (Wildman–Crippen MR) is 77.6 cm³/mol. The summed E-state index contributed by atoms with van der Waals surface area (Å²) in [6.07, 6.45) is 8.36. The number of benzene rings is 1. The van der Waals surface area contributed by atoms with Crippen LogP contribution in [0.3, 0.4) is 0 Å². The molecule has 0 spiro atoms. The molecule has 0 radical (unpaired) electrons. The summed E-state index contributed by atoms with van der Waals surface area (Å²) in [6, 6.07) is 5.57. The van der Waals surface area contributed by atoms with Crippen molar-refractivity contribution in [3.05, 3.63) is 23.8 Å². The van der Waals surface area contributed by atoms with Gasteiger partial charge in [0.15, 0.2) is 11.5 Å². The second-order valence-electron chi connectivity index (χ2n) is 5.48. The maximum absolute atomic E-state index is 9.68. The molecule has 0 saturated heterocycles. The number of ether oxygens (including phenoxy) is 1. The Bertz CT molecular complexity index is 386. The molecule has 3 heteroatoms. The fourth-order valence-corrected chi connectivity index (χ4v) is 2.89. The van der Waals surface area contributed by atoms with Crippen molar-refractivity contribution < 1.29 is 9.84 Å². The molecule has 1 aromatic carbocycles. The highest BCUT2D eigenvalue weighted by atomic mass is 16.5. The van der Waals surface area contributed by atoms with Gasteiger partial charge in [0.05, 0.1) is 7.11 Å². The van der Waals surface area contributed by atoms with Crippen LogP contribution in [-0.2, 0) is 6.54 Å². The molecule has 0 unspecified atom stereocenters. The van der Waals surface area contributed by atoms with Gasteiger partial charge in [0.25, 0.3) is 0 Å². The summed E-state index contributed by atoms with van der Waals surface area (Å²) < 4.78 is 5.03. The largest absolute Gasteiger partial charge is 0.504 e. The van der Waals surface area contributed by atoms with Gasteiger partial charge in [-0.25, -0.2) is 0 Å². The first-order valence-corrected chi connectivity index (χ1v) is 7.36. The second-order valence-corrected chi connectivity index (χ2v) is 5.48. The lowest BCUT2D eigenvalue weighted by Crippen LogP contribution is -2.15. The van der Waals surface area contributed by atoms with Crippen LogP contribution in [0.2, 0.25) is 0 Å². The normalized spacial score (nSPS) is 15.8. The summed E-state index contributed by atoms with van der Waals surface area (Å²) in [5.74, 6) is 1.73. The molecule has 0 amide bonds. The summed E-state index contributed by atoms with van der Waals surface area (Å²) in [4.78, 5) is 0. The summed E-state index contributed by atoms with van der Waals surface area (Å²) in [6.45, 7) is 1.87. The standard InChI is InChI=1S/C16H25NO2/c1-19-16-9-8-14(11-15(16)18)12-17-10-4-7-13-5-2-3-6-13/h8-9,11,13,17-18H,2-7,10,12H2,1H3. The van der Waals surface area contributed by atoms with Crippen molar-refractivity contribution in [2.75, 3.05) is 13.7 Å². The van der Waals surface area contributed by atoms with Crippen LogP contribution in [0, 0.1) is 5.92 Å². The highest BCUT2D eigenvalue weighted by Crippen LogP contribution is 2.28. The molecule has 1 aliphatic carbocycles. The molecule has 0 heterocycles. The Hall–Kier alpha value is -1.22. The van der Waals surface area contributed by atoms with Crippen LogP contribution in [0.15, 0.2) is 18.2 Å². The molecule has 1 aromatic rings. The van der Waals surface area contributed by atoms with Gasteiger partial charge < -0.3 is 15.2 Å². The number of phenols is 1. The molecule has 0 atom stereocenters. The fourth-order valence-electron chi connectivity index (χ4n) is 2.89. The highest BCUT2D eigenvalue weighted by molar-refractivity contribution is 5.41. The second kappa shape index (κ2) is 7.39. The van der Waals surface area contributed by atoms with E-state index in [4.69, 9.17) is 4.74 Å².